The van der Waals surface area contributed by atoms with Crippen molar-refractivity contribution < 1.29 is 32.9 Å². The van der Waals surface area contributed by atoms with Crippen LogP contribution >= 0.6 is 7.82 Å². The average molecular weight is 703 g/mol. The Labute approximate surface area is 297 Å². The third-order valence-corrected chi connectivity index (χ3v) is 9.97. The van der Waals surface area contributed by atoms with E-state index < -0.39 is 20.0 Å². The van der Waals surface area contributed by atoms with Crippen molar-refractivity contribution in [3.05, 3.63) is 12.2 Å². The molecule has 0 radical (unpaired) electrons. The van der Waals surface area contributed by atoms with Gasteiger partial charge in [-0.3, -0.25) is 9.36 Å². The molecule has 2 N–H and O–H groups in total. The zero-order valence-corrected chi connectivity index (χ0v) is 33.1. The highest BCUT2D eigenvalue weighted by Gasteiger charge is 2.24. The van der Waals surface area contributed by atoms with Crippen LogP contribution in [0.25, 0.3) is 0 Å². The first-order valence-electron chi connectivity index (χ1n) is 20.0. The van der Waals surface area contributed by atoms with Crippen molar-refractivity contribution >= 4 is 13.7 Å². The number of nitrogens with zero attached hydrogens (tertiary/aromatic N) is 1. The minimum Gasteiger partial charge on any atom is -0.756 e. The largest absolute Gasteiger partial charge is 0.756 e. The molecule has 0 bridgehead atoms. The van der Waals surface area contributed by atoms with Crippen molar-refractivity contribution in [3.8, 4) is 0 Å². The summed E-state index contributed by atoms with van der Waals surface area (Å²) in [5.74, 6) is -0.180. The minimum absolute atomic E-state index is 0.0115. The summed E-state index contributed by atoms with van der Waals surface area (Å²) in [6, 6.07) is -0.800. The molecule has 48 heavy (non-hydrogen) atoms. The topological polar surface area (TPSA) is 108 Å². The van der Waals surface area contributed by atoms with Gasteiger partial charge in [-0.15, -0.1) is 0 Å². The van der Waals surface area contributed by atoms with Crippen molar-refractivity contribution in [2.45, 2.75) is 193 Å². The summed E-state index contributed by atoms with van der Waals surface area (Å²) in [4.78, 5) is 25.1. The smallest absolute Gasteiger partial charge is 0.268 e. The zero-order chi connectivity index (χ0) is 35.8. The molecule has 0 spiro atoms. The fourth-order valence-electron chi connectivity index (χ4n) is 5.72. The van der Waals surface area contributed by atoms with Crippen LogP contribution in [0.1, 0.15) is 181 Å². The molecule has 0 aliphatic carbocycles. The Bertz CT molecular complexity index is 804. The van der Waals surface area contributed by atoms with E-state index >= 15 is 0 Å². The van der Waals surface area contributed by atoms with Crippen LogP contribution in [0.2, 0.25) is 0 Å². The van der Waals surface area contributed by atoms with Crippen LogP contribution in [0.5, 0.6) is 0 Å². The van der Waals surface area contributed by atoms with Crippen LogP contribution in [0.15, 0.2) is 12.2 Å². The van der Waals surface area contributed by atoms with E-state index in [9.17, 15) is 19.4 Å². The number of hydrogen-bond donors (Lipinski definition) is 2. The van der Waals surface area contributed by atoms with Crippen LogP contribution in [-0.4, -0.2) is 68.5 Å². The SMILES string of the molecule is CCCC/C=C\CCCCCCC(=O)NC(COP(=O)([O-])OCC[N+](C)(C)C)C(O)CCCCCCCCCCCCCCCCCC. The molecule has 1 amide bonds. The fraction of sp³-hybridized carbons (Fsp3) is 0.923. The van der Waals surface area contributed by atoms with E-state index in [-0.39, 0.29) is 19.1 Å². The van der Waals surface area contributed by atoms with E-state index in [2.05, 4.69) is 31.3 Å². The first-order valence-corrected chi connectivity index (χ1v) is 21.5. The van der Waals surface area contributed by atoms with Gasteiger partial charge in [-0.25, -0.2) is 0 Å². The van der Waals surface area contributed by atoms with Gasteiger partial charge >= 0.3 is 0 Å². The summed E-state index contributed by atoms with van der Waals surface area (Å²) in [6.07, 6.45) is 33.5. The number of unbranched alkanes of at least 4 members (excludes halogenated alkanes) is 21. The van der Waals surface area contributed by atoms with Crippen LogP contribution in [0.3, 0.4) is 0 Å². The van der Waals surface area contributed by atoms with Gasteiger partial charge in [-0.2, -0.15) is 0 Å². The van der Waals surface area contributed by atoms with Crippen molar-refractivity contribution in [1.82, 2.24) is 5.32 Å². The molecule has 0 aliphatic heterocycles. The van der Waals surface area contributed by atoms with Gasteiger partial charge in [0.15, 0.2) is 0 Å². The van der Waals surface area contributed by atoms with E-state index in [4.69, 9.17) is 9.05 Å². The number of phosphoric ester groups is 1. The second kappa shape index (κ2) is 32.2. The molecule has 0 aromatic carbocycles. The lowest BCUT2D eigenvalue weighted by atomic mass is 10.0. The van der Waals surface area contributed by atoms with Gasteiger partial charge in [0.2, 0.25) is 5.91 Å². The average Bonchev–Trinajstić information content (AvgIpc) is 3.02. The first kappa shape index (κ1) is 47.2. The Morgan fingerprint density at radius 1 is 0.708 bits per heavy atom. The Balaban J connectivity index is 4.40. The van der Waals surface area contributed by atoms with Gasteiger partial charge in [0.25, 0.3) is 7.82 Å². The highest BCUT2D eigenvalue weighted by molar-refractivity contribution is 7.45. The lowest BCUT2D eigenvalue weighted by Gasteiger charge is -2.30. The molecule has 0 heterocycles. The van der Waals surface area contributed by atoms with E-state index in [0.717, 1.165) is 57.8 Å². The number of phosphoric acid groups is 1. The van der Waals surface area contributed by atoms with Crippen molar-refractivity contribution in [3.63, 3.8) is 0 Å². The fourth-order valence-corrected chi connectivity index (χ4v) is 6.45. The van der Waals surface area contributed by atoms with E-state index in [1.165, 1.54) is 96.3 Å². The lowest BCUT2D eigenvalue weighted by molar-refractivity contribution is -0.870. The number of amides is 1. The van der Waals surface area contributed by atoms with Crippen molar-refractivity contribution in [2.75, 3.05) is 40.9 Å². The van der Waals surface area contributed by atoms with Crippen LogP contribution in [-0.2, 0) is 18.4 Å². The number of quaternary nitrogens is 1. The number of allylic oxidation sites excluding steroid dienone is 2. The summed E-state index contributed by atoms with van der Waals surface area (Å²) in [5.41, 5.74) is 0. The van der Waals surface area contributed by atoms with Gasteiger partial charge < -0.3 is 28.8 Å². The molecule has 9 heteroatoms. The molecule has 8 nitrogen and oxygen atoms in total. The van der Waals surface area contributed by atoms with Gasteiger partial charge in [-0.05, 0) is 32.1 Å². The summed E-state index contributed by atoms with van der Waals surface area (Å²) in [5, 5.41) is 13.8. The molecule has 286 valence electrons. The molecule has 0 aliphatic rings. The number of aliphatic hydroxyl groups excluding tert-OH is 1. The summed E-state index contributed by atoms with van der Waals surface area (Å²) in [7, 11) is 1.30. The molecular weight excluding hydrogens is 623 g/mol. The second-order valence-corrected chi connectivity index (χ2v) is 16.4. The van der Waals surface area contributed by atoms with Gasteiger partial charge in [0.05, 0.1) is 39.9 Å². The normalized spacial score (nSPS) is 14.7. The predicted octanol–water partition coefficient (Wildman–Crippen LogP) is 9.78. The molecule has 0 aromatic rings. The third-order valence-electron chi connectivity index (χ3n) is 9.00. The number of carbonyl (C=O) groups is 1. The third kappa shape index (κ3) is 33.7. The quantitative estimate of drug-likeness (QED) is 0.0291. The predicted molar refractivity (Wildman–Crippen MR) is 201 cm³/mol. The van der Waals surface area contributed by atoms with E-state index in [1.807, 2.05) is 21.1 Å². The van der Waals surface area contributed by atoms with Gasteiger partial charge in [0, 0.05) is 6.42 Å². The molecule has 0 rings (SSSR count). The molecular formula is C39H79N2O6P. The number of nitrogens with one attached hydrogen (secondary N) is 1. The summed E-state index contributed by atoms with van der Waals surface area (Å²) < 4.78 is 23.1. The Morgan fingerprint density at radius 3 is 1.69 bits per heavy atom. The number of hydrogen-bond acceptors (Lipinski definition) is 6. The van der Waals surface area contributed by atoms with Gasteiger partial charge in [-0.1, -0.05) is 154 Å². The number of likely N-dealkylation sites (N-methyl/N-ethyl adjacent to an activating group) is 1. The maximum atomic E-state index is 12.8. The Hall–Kier alpha value is -0.760. The monoisotopic (exact) mass is 703 g/mol. The summed E-state index contributed by atoms with van der Waals surface area (Å²) in [6.45, 7) is 4.66. The van der Waals surface area contributed by atoms with E-state index in [0.29, 0.717) is 23.9 Å². The maximum absolute atomic E-state index is 12.8. The standard InChI is InChI=1S/C39H79N2O6P/c1-6-8-10-12-14-16-18-19-20-21-22-23-24-26-28-30-32-38(42)37(36-47-48(44,45)46-35-34-41(3,4)5)40-39(43)33-31-29-27-25-17-15-13-11-9-7-2/h13,15,37-38,42H,6-12,14,16-36H2,1-5H3,(H-,40,43,44,45)/b15-13-. The minimum atomic E-state index is -4.55. The number of aliphatic hydroxyl groups is 1. The van der Waals surface area contributed by atoms with Crippen LogP contribution < -0.4 is 10.2 Å². The zero-order valence-electron chi connectivity index (χ0n) is 32.2. The van der Waals surface area contributed by atoms with Crippen molar-refractivity contribution in [1.29, 1.82) is 0 Å². The number of carbonyl (C=O) groups excluding carboxylic acids is 1. The molecule has 0 aromatic heterocycles. The second-order valence-electron chi connectivity index (χ2n) is 15.0. The molecule has 0 fully saturated rings. The molecule has 0 saturated carbocycles. The Morgan fingerprint density at radius 2 is 1.17 bits per heavy atom. The van der Waals surface area contributed by atoms with Crippen molar-refractivity contribution in [2.24, 2.45) is 0 Å². The first-order chi connectivity index (χ1) is 23.0. The highest BCUT2D eigenvalue weighted by atomic mass is 31.2. The van der Waals surface area contributed by atoms with Crippen LogP contribution in [0, 0.1) is 0 Å². The number of rotatable bonds is 36. The van der Waals surface area contributed by atoms with Crippen LogP contribution in [0.4, 0.5) is 0 Å². The maximum Gasteiger partial charge on any atom is 0.268 e. The summed E-state index contributed by atoms with van der Waals surface area (Å²) >= 11 is 0. The molecule has 0 saturated heterocycles. The van der Waals surface area contributed by atoms with E-state index in [1.54, 1.807) is 0 Å². The molecule has 3 atom stereocenters. The molecule has 3 unspecified atom stereocenters. The van der Waals surface area contributed by atoms with Gasteiger partial charge in [0.1, 0.15) is 13.2 Å². The Kier molecular flexibility index (Phi) is 31.7. The lowest BCUT2D eigenvalue weighted by Crippen LogP contribution is -2.46. The highest BCUT2D eigenvalue weighted by Crippen LogP contribution is 2.38.